The molecule has 0 saturated carbocycles. The number of rotatable bonds is 5. The van der Waals surface area contributed by atoms with Gasteiger partial charge in [-0.1, -0.05) is 6.07 Å². The number of phenolic OH excluding ortho intramolecular Hbond substituents is 1. The molecule has 0 aliphatic rings. The third kappa shape index (κ3) is 3.37. The summed E-state index contributed by atoms with van der Waals surface area (Å²) in [6, 6.07) is 4.21. The molecule has 1 rings (SSSR count). The van der Waals surface area contributed by atoms with Gasteiger partial charge in [0.15, 0.2) is 11.5 Å². The van der Waals surface area contributed by atoms with Gasteiger partial charge in [-0.15, -0.1) is 0 Å². The van der Waals surface area contributed by atoms with E-state index in [-0.39, 0.29) is 23.1 Å². The quantitative estimate of drug-likeness (QED) is 0.840. The Kier molecular flexibility index (Phi) is 4.74. The predicted octanol–water partition coefficient (Wildman–Crippen LogP) is 1.34. The summed E-state index contributed by atoms with van der Waals surface area (Å²) < 4.78 is 4.92. The zero-order chi connectivity index (χ0) is 14.6. The SMILES string of the molecule is COc1cccc(C(=O)N(CC(=O)O)C(C)C)c1O. The molecule has 0 saturated heterocycles. The van der Waals surface area contributed by atoms with Crippen molar-refractivity contribution in [3.63, 3.8) is 0 Å². The van der Waals surface area contributed by atoms with Gasteiger partial charge in [-0.2, -0.15) is 0 Å². The van der Waals surface area contributed by atoms with Crippen LogP contribution in [-0.2, 0) is 4.79 Å². The van der Waals surface area contributed by atoms with Gasteiger partial charge in [0, 0.05) is 6.04 Å². The Hall–Kier alpha value is -2.24. The van der Waals surface area contributed by atoms with Crippen molar-refractivity contribution in [1.29, 1.82) is 0 Å². The Morgan fingerprint density at radius 1 is 1.37 bits per heavy atom. The van der Waals surface area contributed by atoms with Gasteiger partial charge in [-0.25, -0.2) is 0 Å². The molecule has 0 aliphatic carbocycles. The van der Waals surface area contributed by atoms with Crippen LogP contribution in [0, 0.1) is 0 Å². The van der Waals surface area contributed by atoms with E-state index < -0.39 is 18.4 Å². The van der Waals surface area contributed by atoms with E-state index in [1.165, 1.54) is 19.2 Å². The lowest BCUT2D eigenvalue weighted by molar-refractivity contribution is -0.138. The number of benzene rings is 1. The summed E-state index contributed by atoms with van der Waals surface area (Å²) in [4.78, 5) is 24.2. The lowest BCUT2D eigenvalue weighted by Crippen LogP contribution is -2.40. The summed E-state index contributed by atoms with van der Waals surface area (Å²) in [6.07, 6.45) is 0. The van der Waals surface area contributed by atoms with Gasteiger partial charge in [-0.05, 0) is 26.0 Å². The summed E-state index contributed by atoms with van der Waals surface area (Å²) >= 11 is 0. The number of nitrogens with zero attached hydrogens (tertiary/aromatic N) is 1. The molecule has 1 aromatic rings. The van der Waals surface area contributed by atoms with Crippen molar-refractivity contribution in [2.24, 2.45) is 0 Å². The number of methoxy groups -OCH3 is 1. The lowest BCUT2D eigenvalue weighted by atomic mass is 10.1. The van der Waals surface area contributed by atoms with Crippen LogP contribution in [0.2, 0.25) is 0 Å². The average molecular weight is 267 g/mol. The maximum absolute atomic E-state index is 12.3. The van der Waals surface area contributed by atoms with Crippen molar-refractivity contribution in [3.8, 4) is 11.5 Å². The molecule has 1 aromatic carbocycles. The third-order valence-electron chi connectivity index (χ3n) is 2.64. The van der Waals surface area contributed by atoms with E-state index in [9.17, 15) is 14.7 Å². The second-order valence-corrected chi connectivity index (χ2v) is 4.28. The van der Waals surface area contributed by atoms with Crippen molar-refractivity contribution in [2.75, 3.05) is 13.7 Å². The van der Waals surface area contributed by atoms with E-state index in [2.05, 4.69) is 0 Å². The number of carbonyl (C=O) groups is 2. The number of carboxylic acids is 1. The number of amides is 1. The lowest BCUT2D eigenvalue weighted by Gasteiger charge is -2.25. The molecular formula is C13H17NO5. The fraction of sp³-hybridized carbons (Fsp3) is 0.385. The first-order valence-electron chi connectivity index (χ1n) is 5.77. The normalized spacial score (nSPS) is 10.3. The second kappa shape index (κ2) is 6.08. The Balaban J connectivity index is 3.13. The number of carboxylic acid groups (broad SMARTS) is 1. The second-order valence-electron chi connectivity index (χ2n) is 4.28. The molecule has 104 valence electrons. The highest BCUT2D eigenvalue weighted by atomic mass is 16.5. The molecule has 0 aliphatic heterocycles. The summed E-state index contributed by atoms with van der Waals surface area (Å²) in [5.74, 6) is -1.77. The average Bonchev–Trinajstić information content (AvgIpc) is 2.35. The standard InChI is InChI=1S/C13H17NO5/c1-8(2)14(7-11(15)16)13(18)9-5-4-6-10(19-3)12(9)17/h4-6,8,17H,7H2,1-3H3,(H,15,16). The third-order valence-corrected chi connectivity index (χ3v) is 2.64. The van der Waals surface area contributed by atoms with Gasteiger partial charge < -0.3 is 19.8 Å². The Morgan fingerprint density at radius 3 is 2.47 bits per heavy atom. The molecule has 6 nitrogen and oxygen atoms in total. The minimum atomic E-state index is -1.11. The number of hydrogen-bond donors (Lipinski definition) is 2. The molecule has 0 aromatic heterocycles. The highest BCUT2D eigenvalue weighted by Gasteiger charge is 2.24. The zero-order valence-corrected chi connectivity index (χ0v) is 11.1. The number of carbonyl (C=O) groups excluding carboxylic acids is 1. The minimum absolute atomic E-state index is 0.0225. The first kappa shape index (κ1) is 14.8. The van der Waals surface area contributed by atoms with Crippen molar-refractivity contribution in [1.82, 2.24) is 4.90 Å². The Labute approximate surface area is 111 Å². The molecule has 6 heteroatoms. The number of phenols is 1. The van der Waals surface area contributed by atoms with Crippen LogP contribution in [-0.4, -0.2) is 46.7 Å². The number of aromatic hydroxyl groups is 1. The molecule has 1 amide bonds. The number of ether oxygens (including phenoxy) is 1. The number of para-hydroxylation sites is 1. The summed E-state index contributed by atoms with van der Waals surface area (Å²) in [5, 5.41) is 18.7. The van der Waals surface area contributed by atoms with Gasteiger partial charge in [0.2, 0.25) is 0 Å². The molecule has 2 N–H and O–H groups in total. The fourth-order valence-electron chi connectivity index (χ4n) is 1.65. The van der Waals surface area contributed by atoms with Crippen molar-refractivity contribution >= 4 is 11.9 Å². The Bertz CT molecular complexity index is 484. The van der Waals surface area contributed by atoms with Gasteiger partial charge in [0.05, 0.1) is 12.7 Å². The van der Waals surface area contributed by atoms with Crippen LogP contribution in [0.5, 0.6) is 11.5 Å². The molecule has 0 fully saturated rings. The summed E-state index contributed by atoms with van der Waals surface area (Å²) in [6.45, 7) is 2.99. The van der Waals surface area contributed by atoms with Crippen LogP contribution in [0.4, 0.5) is 0 Å². The van der Waals surface area contributed by atoms with Gasteiger partial charge in [0.25, 0.3) is 5.91 Å². The van der Waals surface area contributed by atoms with Crippen LogP contribution in [0.25, 0.3) is 0 Å². The molecule has 0 spiro atoms. The fourth-order valence-corrected chi connectivity index (χ4v) is 1.65. The van der Waals surface area contributed by atoms with E-state index in [0.717, 1.165) is 4.90 Å². The summed E-state index contributed by atoms with van der Waals surface area (Å²) in [7, 11) is 1.38. The van der Waals surface area contributed by atoms with Crippen LogP contribution in [0.3, 0.4) is 0 Å². The van der Waals surface area contributed by atoms with Gasteiger partial charge in [0.1, 0.15) is 6.54 Å². The van der Waals surface area contributed by atoms with Crippen molar-refractivity contribution in [2.45, 2.75) is 19.9 Å². The molecule has 0 heterocycles. The van der Waals surface area contributed by atoms with E-state index in [1.54, 1.807) is 19.9 Å². The van der Waals surface area contributed by atoms with Crippen molar-refractivity contribution < 1.29 is 24.5 Å². The highest BCUT2D eigenvalue weighted by molar-refractivity contribution is 5.99. The topological polar surface area (TPSA) is 87.1 Å². The zero-order valence-electron chi connectivity index (χ0n) is 11.1. The predicted molar refractivity (Wildman–Crippen MR) is 68.5 cm³/mol. The molecule has 0 unspecified atom stereocenters. The number of aliphatic carboxylic acids is 1. The largest absolute Gasteiger partial charge is 0.504 e. The van der Waals surface area contributed by atoms with E-state index >= 15 is 0 Å². The molecule has 0 atom stereocenters. The van der Waals surface area contributed by atoms with Gasteiger partial charge >= 0.3 is 5.97 Å². The Morgan fingerprint density at radius 2 is 2.00 bits per heavy atom. The van der Waals surface area contributed by atoms with E-state index in [0.29, 0.717) is 0 Å². The van der Waals surface area contributed by atoms with Crippen LogP contribution < -0.4 is 4.74 Å². The first-order chi connectivity index (χ1) is 8.88. The molecule has 19 heavy (non-hydrogen) atoms. The molecule has 0 bridgehead atoms. The van der Waals surface area contributed by atoms with E-state index in [1.807, 2.05) is 0 Å². The highest BCUT2D eigenvalue weighted by Crippen LogP contribution is 2.30. The monoisotopic (exact) mass is 267 g/mol. The molecule has 0 radical (unpaired) electrons. The molecular weight excluding hydrogens is 250 g/mol. The number of hydrogen-bond acceptors (Lipinski definition) is 4. The van der Waals surface area contributed by atoms with Crippen LogP contribution >= 0.6 is 0 Å². The smallest absolute Gasteiger partial charge is 0.323 e. The van der Waals surface area contributed by atoms with E-state index in [4.69, 9.17) is 9.84 Å². The maximum Gasteiger partial charge on any atom is 0.323 e. The van der Waals surface area contributed by atoms with Gasteiger partial charge in [-0.3, -0.25) is 9.59 Å². The van der Waals surface area contributed by atoms with Crippen molar-refractivity contribution in [3.05, 3.63) is 23.8 Å². The summed E-state index contributed by atoms with van der Waals surface area (Å²) in [5.41, 5.74) is 0.0225. The van der Waals surface area contributed by atoms with Crippen LogP contribution in [0.15, 0.2) is 18.2 Å². The van der Waals surface area contributed by atoms with Crippen LogP contribution in [0.1, 0.15) is 24.2 Å². The minimum Gasteiger partial charge on any atom is -0.504 e. The first-order valence-corrected chi connectivity index (χ1v) is 5.77. The maximum atomic E-state index is 12.3.